The smallest absolute Gasteiger partial charge is 0.431 e. The molecule has 26 heavy (non-hydrogen) atoms. The number of halogens is 7. The maximum Gasteiger partial charge on any atom is 0.442 e. The lowest BCUT2D eigenvalue weighted by Crippen LogP contribution is -2.56. The third-order valence-electron chi connectivity index (χ3n) is 3.44. The van der Waals surface area contributed by atoms with Crippen LogP contribution in [-0.4, -0.2) is 18.3 Å². The molecule has 0 unspecified atom stereocenters. The Kier molecular flexibility index (Phi) is 5.14. The Morgan fingerprint density at radius 2 is 1.31 bits per heavy atom. The Bertz CT molecular complexity index is 770. The fraction of sp³-hybridized carbons (Fsp3) is 0.188. The largest absolute Gasteiger partial charge is 0.442 e. The molecule has 140 valence electrons. The lowest BCUT2D eigenvalue weighted by molar-refractivity contribution is -0.373. The molecule has 0 aliphatic carbocycles. The van der Waals surface area contributed by atoms with Gasteiger partial charge in [0, 0.05) is 16.3 Å². The maximum absolute atomic E-state index is 13.5. The first-order valence-corrected chi connectivity index (χ1v) is 7.24. The van der Waals surface area contributed by atoms with Crippen molar-refractivity contribution in [3.05, 3.63) is 64.7 Å². The molecule has 0 spiro atoms. The summed E-state index contributed by atoms with van der Waals surface area (Å²) in [5.74, 6) is -1.81. The first-order chi connectivity index (χ1) is 11.9. The van der Waals surface area contributed by atoms with Crippen LogP contribution in [0.4, 0.5) is 32.0 Å². The molecule has 2 rings (SSSR count). The van der Waals surface area contributed by atoms with Crippen LogP contribution in [0.1, 0.15) is 15.9 Å². The molecule has 0 atom stereocenters. The number of esters is 1. The fourth-order valence-electron chi connectivity index (χ4n) is 2.16. The Labute approximate surface area is 148 Å². The van der Waals surface area contributed by atoms with Gasteiger partial charge in [0.05, 0.1) is 5.56 Å². The van der Waals surface area contributed by atoms with Crippen LogP contribution in [0.5, 0.6) is 0 Å². The van der Waals surface area contributed by atoms with Crippen LogP contribution in [0.25, 0.3) is 0 Å². The van der Waals surface area contributed by atoms with E-state index in [1.807, 2.05) is 0 Å². The summed E-state index contributed by atoms with van der Waals surface area (Å²) < 4.78 is 85.3. The summed E-state index contributed by atoms with van der Waals surface area (Å²) in [6, 6.07) is 6.86. The zero-order valence-corrected chi connectivity index (χ0v) is 13.4. The predicted octanol–water partition coefficient (Wildman–Crippen LogP) is 5.10. The van der Waals surface area contributed by atoms with E-state index in [1.165, 1.54) is 0 Å². The van der Waals surface area contributed by atoms with E-state index in [4.69, 9.17) is 17.3 Å². The minimum atomic E-state index is -5.98. The Hall–Kier alpha value is -2.42. The van der Waals surface area contributed by atoms with E-state index >= 15 is 0 Å². The number of hydrogen-bond acceptors (Lipinski definition) is 3. The van der Waals surface area contributed by atoms with E-state index in [0.29, 0.717) is 12.1 Å². The molecule has 0 amide bonds. The number of nitrogen functional groups attached to an aromatic ring is 1. The molecule has 2 aromatic rings. The second-order valence-corrected chi connectivity index (χ2v) is 5.63. The quantitative estimate of drug-likeness (QED) is 0.445. The molecule has 0 aromatic heterocycles. The van der Waals surface area contributed by atoms with Crippen molar-refractivity contribution < 1.29 is 35.9 Å². The van der Waals surface area contributed by atoms with Gasteiger partial charge in [0.1, 0.15) is 0 Å². The van der Waals surface area contributed by atoms with E-state index in [2.05, 4.69) is 4.74 Å². The molecule has 0 saturated heterocycles. The van der Waals surface area contributed by atoms with Gasteiger partial charge in [-0.05, 0) is 36.4 Å². The summed E-state index contributed by atoms with van der Waals surface area (Å²) in [5.41, 5.74) is -1.45. The van der Waals surface area contributed by atoms with Crippen molar-refractivity contribution in [3.63, 3.8) is 0 Å². The van der Waals surface area contributed by atoms with E-state index in [1.54, 1.807) is 0 Å². The van der Waals surface area contributed by atoms with Gasteiger partial charge in [0.2, 0.25) is 0 Å². The third-order valence-corrected chi connectivity index (χ3v) is 3.69. The first-order valence-electron chi connectivity index (χ1n) is 6.87. The Morgan fingerprint density at radius 1 is 0.846 bits per heavy atom. The lowest BCUT2D eigenvalue weighted by Gasteiger charge is -2.36. The van der Waals surface area contributed by atoms with Crippen molar-refractivity contribution in [3.8, 4) is 0 Å². The summed E-state index contributed by atoms with van der Waals surface area (Å²) in [4.78, 5) is 12.0. The Morgan fingerprint density at radius 3 is 1.73 bits per heavy atom. The summed E-state index contributed by atoms with van der Waals surface area (Å²) in [7, 11) is 0. The van der Waals surface area contributed by atoms with Gasteiger partial charge < -0.3 is 10.5 Å². The van der Waals surface area contributed by atoms with E-state index in [9.17, 15) is 31.1 Å². The number of ether oxygens (including phenoxy) is 1. The Balaban J connectivity index is 2.61. The van der Waals surface area contributed by atoms with Gasteiger partial charge in [-0.3, -0.25) is 0 Å². The number of alkyl halides is 6. The van der Waals surface area contributed by atoms with Crippen LogP contribution < -0.4 is 5.73 Å². The molecule has 0 radical (unpaired) electrons. The highest BCUT2D eigenvalue weighted by Crippen LogP contribution is 2.53. The van der Waals surface area contributed by atoms with Gasteiger partial charge in [-0.25, -0.2) is 4.79 Å². The standard InChI is InChI=1S/C16H10ClF6NO2/c17-11-5-1-9(2-6-11)13(25)26-14(15(18,19)20,16(21,22)23)10-3-7-12(24)8-4-10/h1-8H,24H2. The molecule has 2 N–H and O–H groups in total. The molecule has 3 nitrogen and oxygen atoms in total. The minimum absolute atomic E-state index is 0.0592. The van der Waals surface area contributed by atoms with Crippen LogP contribution in [0.3, 0.4) is 0 Å². The highest BCUT2D eigenvalue weighted by Gasteiger charge is 2.75. The number of rotatable bonds is 3. The van der Waals surface area contributed by atoms with Crippen molar-refractivity contribution >= 4 is 23.3 Å². The van der Waals surface area contributed by atoms with Crippen LogP contribution in [0.15, 0.2) is 48.5 Å². The molecule has 0 aliphatic rings. The summed E-state index contributed by atoms with van der Waals surface area (Å²) >= 11 is 5.58. The molecule has 0 bridgehead atoms. The summed E-state index contributed by atoms with van der Waals surface area (Å²) in [5, 5.41) is 0.137. The summed E-state index contributed by atoms with van der Waals surface area (Å²) in [6.07, 6.45) is -12.0. The van der Waals surface area contributed by atoms with Crippen LogP contribution >= 0.6 is 11.6 Å². The second-order valence-electron chi connectivity index (χ2n) is 5.20. The van der Waals surface area contributed by atoms with Gasteiger partial charge >= 0.3 is 23.9 Å². The molecular formula is C16H10ClF6NO2. The van der Waals surface area contributed by atoms with Gasteiger partial charge in [0.15, 0.2) is 0 Å². The normalized spacial score (nSPS) is 12.7. The van der Waals surface area contributed by atoms with E-state index in [0.717, 1.165) is 36.4 Å². The highest BCUT2D eigenvalue weighted by atomic mass is 35.5. The van der Waals surface area contributed by atoms with Gasteiger partial charge in [-0.1, -0.05) is 23.7 Å². The fourth-order valence-corrected chi connectivity index (χ4v) is 2.29. The van der Waals surface area contributed by atoms with Crippen LogP contribution in [0.2, 0.25) is 5.02 Å². The van der Waals surface area contributed by atoms with Crippen molar-refractivity contribution in [2.24, 2.45) is 0 Å². The third kappa shape index (κ3) is 3.57. The molecular weight excluding hydrogens is 388 g/mol. The molecule has 0 aliphatic heterocycles. The average molecular weight is 398 g/mol. The maximum atomic E-state index is 13.5. The first kappa shape index (κ1) is 19.9. The van der Waals surface area contributed by atoms with Crippen molar-refractivity contribution in [1.29, 1.82) is 0 Å². The van der Waals surface area contributed by atoms with Crippen molar-refractivity contribution in [2.45, 2.75) is 18.0 Å². The topological polar surface area (TPSA) is 52.3 Å². The second kappa shape index (κ2) is 6.71. The number of carbonyl (C=O) groups excluding carboxylic acids is 1. The van der Waals surface area contributed by atoms with E-state index in [-0.39, 0.29) is 10.7 Å². The van der Waals surface area contributed by atoms with Gasteiger partial charge in [-0.2, -0.15) is 26.3 Å². The van der Waals surface area contributed by atoms with Crippen LogP contribution in [-0.2, 0) is 10.3 Å². The number of nitrogens with two attached hydrogens (primary N) is 1. The minimum Gasteiger partial charge on any atom is -0.431 e. The van der Waals surface area contributed by atoms with Crippen LogP contribution in [0, 0.1) is 0 Å². The molecule has 0 fully saturated rings. The molecule has 10 heteroatoms. The number of carbonyl (C=O) groups is 1. The zero-order chi connectivity index (χ0) is 19.8. The monoisotopic (exact) mass is 397 g/mol. The molecule has 2 aromatic carbocycles. The number of hydrogen-bond donors (Lipinski definition) is 1. The lowest BCUT2D eigenvalue weighted by atomic mass is 9.91. The summed E-state index contributed by atoms with van der Waals surface area (Å²) in [6.45, 7) is 0. The predicted molar refractivity (Wildman–Crippen MR) is 81.5 cm³/mol. The van der Waals surface area contributed by atoms with Gasteiger partial charge in [-0.15, -0.1) is 0 Å². The zero-order valence-electron chi connectivity index (χ0n) is 12.7. The molecule has 0 heterocycles. The van der Waals surface area contributed by atoms with Crippen molar-refractivity contribution in [1.82, 2.24) is 0 Å². The average Bonchev–Trinajstić information content (AvgIpc) is 2.51. The SMILES string of the molecule is Nc1ccc(C(OC(=O)c2ccc(Cl)cc2)(C(F)(F)F)C(F)(F)F)cc1. The van der Waals surface area contributed by atoms with Crippen molar-refractivity contribution in [2.75, 3.05) is 5.73 Å². The number of anilines is 1. The molecule has 0 saturated carbocycles. The number of benzene rings is 2. The van der Waals surface area contributed by atoms with E-state index < -0.39 is 35.0 Å². The highest BCUT2D eigenvalue weighted by molar-refractivity contribution is 6.30. The van der Waals surface area contributed by atoms with Gasteiger partial charge in [0.25, 0.3) is 0 Å².